The molecule has 30 heavy (non-hydrogen) atoms. The molecule has 1 N–H and O–H groups in total. The van der Waals surface area contributed by atoms with Gasteiger partial charge in [-0.25, -0.2) is 0 Å². The summed E-state index contributed by atoms with van der Waals surface area (Å²) in [5, 5.41) is 10.1. The maximum atomic E-state index is 12.7. The van der Waals surface area contributed by atoms with Gasteiger partial charge in [0.05, 0.1) is 6.04 Å². The van der Waals surface area contributed by atoms with Gasteiger partial charge in [0.1, 0.15) is 5.75 Å². The molecule has 0 radical (unpaired) electrons. The van der Waals surface area contributed by atoms with Crippen molar-refractivity contribution in [2.45, 2.75) is 45.8 Å². The number of amides is 1. The van der Waals surface area contributed by atoms with E-state index in [4.69, 9.17) is 0 Å². The van der Waals surface area contributed by atoms with E-state index in [9.17, 15) is 9.90 Å². The Kier molecular flexibility index (Phi) is 7.16. The fourth-order valence-corrected chi connectivity index (χ4v) is 4.46. The van der Waals surface area contributed by atoms with Crippen molar-refractivity contribution < 1.29 is 9.90 Å². The number of hydrogen-bond donors (Lipinski definition) is 1. The molecular formula is C25H35N3O2. The van der Waals surface area contributed by atoms with Crippen LogP contribution in [0.1, 0.15) is 55.2 Å². The maximum Gasteiger partial charge on any atom is 0.253 e. The number of hydrogen-bond acceptors (Lipinski definition) is 4. The SMILES string of the molecule is CCN(CC)C(=O)c1ccc(C(c2cccc(O)c2)N2C[C@H](C)N(C)C[C@@H]2C)cc1. The number of carbonyl (C=O) groups is 1. The highest BCUT2D eigenvalue weighted by molar-refractivity contribution is 5.94. The first-order valence-electron chi connectivity index (χ1n) is 11.0. The van der Waals surface area contributed by atoms with Gasteiger partial charge in [0, 0.05) is 43.8 Å². The molecule has 1 unspecified atom stereocenters. The fraction of sp³-hybridized carbons (Fsp3) is 0.480. The van der Waals surface area contributed by atoms with Crippen molar-refractivity contribution in [2.75, 3.05) is 33.2 Å². The highest BCUT2D eigenvalue weighted by Crippen LogP contribution is 2.34. The summed E-state index contributed by atoms with van der Waals surface area (Å²) in [7, 11) is 2.18. The van der Waals surface area contributed by atoms with Crippen molar-refractivity contribution in [2.24, 2.45) is 0 Å². The second-order valence-corrected chi connectivity index (χ2v) is 8.43. The molecule has 1 saturated heterocycles. The first-order chi connectivity index (χ1) is 14.3. The number of benzene rings is 2. The van der Waals surface area contributed by atoms with E-state index < -0.39 is 0 Å². The molecule has 2 aromatic rings. The van der Waals surface area contributed by atoms with Gasteiger partial charge < -0.3 is 14.9 Å². The summed E-state index contributed by atoms with van der Waals surface area (Å²) in [6, 6.07) is 16.4. The zero-order valence-corrected chi connectivity index (χ0v) is 18.9. The molecule has 0 bridgehead atoms. The zero-order valence-electron chi connectivity index (χ0n) is 18.9. The van der Waals surface area contributed by atoms with Crippen LogP contribution in [0.4, 0.5) is 0 Å². The third kappa shape index (κ3) is 4.68. The van der Waals surface area contributed by atoms with Crippen LogP contribution in [0.3, 0.4) is 0 Å². The van der Waals surface area contributed by atoms with Crippen molar-refractivity contribution in [3.05, 3.63) is 65.2 Å². The van der Waals surface area contributed by atoms with E-state index in [-0.39, 0.29) is 17.7 Å². The molecule has 0 aromatic heterocycles. The summed E-state index contributed by atoms with van der Waals surface area (Å²) in [5.41, 5.74) is 2.93. The number of likely N-dealkylation sites (N-methyl/N-ethyl adjacent to an activating group) is 1. The second-order valence-electron chi connectivity index (χ2n) is 8.43. The highest BCUT2D eigenvalue weighted by Gasteiger charge is 2.33. The van der Waals surface area contributed by atoms with Crippen molar-refractivity contribution in [3.63, 3.8) is 0 Å². The number of aromatic hydroxyl groups is 1. The molecule has 3 atom stereocenters. The molecule has 0 saturated carbocycles. The normalized spacial score (nSPS) is 21.4. The minimum Gasteiger partial charge on any atom is -0.508 e. The van der Waals surface area contributed by atoms with Crippen LogP contribution in [-0.4, -0.2) is 71.0 Å². The van der Waals surface area contributed by atoms with Crippen LogP contribution in [0.25, 0.3) is 0 Å². The standard InChI is InChI=1S/C25H35N3O2/c1-6-27(7-2)25(30)21-13-11-20(12-14-21)24(22-9-8-10-23(29)15-22)28-17-18(3)26(5)16-19(28)4/h8-15,18-19,24,29H,6-7,16-17H2,1-5H3/t18-,19-,24?/m0/s1. The van der Waals surface area contributed by atoms with Crippen molar-refractivity contribution in [1.29, 1.82) is 0 Å². The second kappa shape index (κ2) is 9.63. The number of nitrogens with zero attached hydrogens (tertiary/aromatic N) is 3. The van der Waals surface area contributed by atoms with Gasteiger partial charge in [0.15, 0.2) is 0 Å². The Labute approximate surface area is 180 Å². The smallest absolute Gasteiger partial charge is 0.253 e. The average Bonchev–Trinajstić information content (AvgIpc) is 2.73. The average molecular weight is 410 g/mol. The predicted octanol–water partition coefficient (Wildman–Crippen LogP) is 3.99. The van der Waals surface area contributed by atoms with Gasteiger partial charge in [-0.2, -0.15) is 0 Å². The lowest BCUT2D eigenvalue weighted by atomic mass is 9.93. The van der Waals surface area contributed by atoms with E-state index in [0.29, 0.717) is 25.2 Å². The lowest BCUT2D eigenvalue weighted by molar-refractivity contribution is 0.0389. The quantitative estimate of drug-likeness (QED) is 0.784. The monoisotopic (exact) mass is 409 g/mol. The van der Waals surface area contributed by atoms with E-state index in [1.54, 1.807) is 6.07 Å². The number of phenols is 1. The third-order valence-corrected chi connectivity index (χ3v) is 6.39. The van der Waals surface area contributed by atoms with Crippen LogP contribution in [0, 0.1) is 0 Å². The summed E-state index contributed by atoms with van der Waals surface area (Å²) < 4.78 is 0. The Hall–Kier alpha value is -2.37. The molecule has 3 rings (SSSR count). The number of carbonyl (C=O) groups excluding carboxylic acids is 1. The molecule has 5 heteroatoms. The first-order valence-corrected chi connectivity index (χ1v) is 11.0. The molecule has 1 amide bonds. The Morgan fingerprint density at radius 3 is 2.30 bits per heavy atom. The predicted molar refractivity (Wildman–Crippen MR) is 122 cm³/mol. The molecular weight excluding hydrogens is 374 g/mol. The van der Waals surface area contributed by atoms with Crippen molar-refractivity contribution >= 4 is 5.91 Å². The fourth-order valence-electron chi connectivity index (χ4n) is 4.46. The third-order valence-electron chi connectivity index (χ3n) is 6.39. The van der Waals surface area contributed by atoms with Crippen LogP contribution in [0.15, 0.2) is 48.5 Å². The topological polar surface area (TPSA) is 47.0 Å². The molecule has 1 aliphatic heterocycles. The minimum atomic E-state index is 0.0286. The van der Waals surface area contributed by atoms with Gasteiger partial charge in [-0.05, 0) is 70.1 Å². The van der Waals surface area contributed by atoms with E-state index in [0.717, 1.165) is 29.8 Å². The van der Waals surface area contributed by atoms with Gasteiger partial charge in [-0.15, -0.1) is 0 Å². The van der Waals surface area contributed by atoms with Crippen molar-refractivity contribution in [3.8, 4) is 5.75 Å². The van der Waals surface area contributed by atoms with Gasteiger partial charge in [-0.1, -0.05) is 24.3 Å². The van der Waals surface area contributed by atoms with Gasteiger partial charge in [-0.3, -0.25) is 9.69 Å². The maximum absolute atomic E-state index is 12.7. The summed E-state index contributed by atoms with van der Waals surface area (Å²) in [6.45, 7) is 11.9. The van der Waals surface area contributed by atoms with E-state index in [1.165, 1.54) is 0 Å². The van der Waals surface area contributed by atoms with Crippen LogP contribution in [-0.2, 0) is 0 Å². The summed E-state index contributed by atoms with van der Waals surface area (Å²) in [4.78, 5) is 19.5. The lowest BCUT2D eigenvalue weighted by Crippen LogP contribution is -2.55. The minimum absolute atomic E-state index is 0.0286. The number of piperazine rings is 1. The Morgan fingerprint density at radius 2 is 1.70 bits per heavy atom. The lowest BCUT2D eigenvalue weighted by Gasteiger charge is -2.46. The Morgan fingerprint density at radius 1 is 1.03 bits per heavy atom. The van der Waals surface area contributed by atoms with E-state index >= 15 is 0 Å². The molecule has 2 aromatic carbocycles. The van der Waals surface area contributed by atoms with Crippen LogP contribution in [0.2, 0.25) is 0 Å². The van der Waals surface area contributed by atoms with Crippen LogP contribution >= 0.6 is 0 Å². The molecule has 1 aliphatic rings. The number of phenolic OH excluding ortho intramolecular Hbond substituents is 1. The van der Waals surface area contributed by atoms with Gasteiger partial charge >= 0.3 is 0 Å². The van der Waals surface area contributed by atoms with Crippen molar-refractivity contribution in [1.82, 2.24) is 14.7 Å². The number of rotatable bonds is 6. The molecule has 1 fully saturated rings. The molecule has 162 valence electrons. The van der Waals surface area contributed by atoms with Crippen LogP contribution < -0.4 is 0 Å². The van der Waals surface area contributed by atoms with Gasteiger partial charge in [0.25, 0.3) is 5.91 Å². The summed E-state index contributed by atoms with van der Waals surface area (Å²) in [5.74, 6) is 0.350. The first kappa shape index (κ1) is 22.3. The summed E-state index contributed by atoms with van der Waals surface area (Å²) in [6.07, 6.45) is 0. The highest BCUT2D eigenvalue weighted by atomic mass is 16.3. The van der Waals surface area contributed by atoms with E-state index in [2.05, 4.69) is 48.9 Å². The molecule has 0 aliphatic carbocycles. The summed E-state index contributed by atoms with van der Waals surface area (Å²) >= 11 is 0. The molecule has 0 spiro atoms. The zero-order chi connectivity index (χ0) is 21.8. The van der Waals surface area contributed by atoms with E-state index in [1.807, 2.05) is 43.0 Å². The largest absolute Gasteiger partial charge is 0.508 e. The Balaban J connectivity index is 1.97. The Bertz CT molecular complexity index is 848. The van der Waals surface area contributed by atoms with Gasteiger partial charge in [0.2, 0.25) is 0 Å². The molecule has 1 heterocycles. The van der Waals surface area contributed by atoms with Crippen LogP contribution in [0.5, 0.6) is 5.75 Å². The molecule has 5 nitrogen and oxygen atoms in total.